The lowest BCUT2D eigenvalue weighted by atomic mass is 9.83. The van der Waals surface area contributed by atoms with Gasteiger partial charge in [0.05, 0.1) is 11.8 Å². The van der Waals surface area contributed by atoms with Crippen LogP contribution in [0.25, 0.3) is 11.1 Å². The van der Waals surface area contributed by atoms with Crippen LogP contribution in [0.5, 0.6) is 0 Å². The molecule has 3 aliphatic rings. The first-order chi connectivity index (χ1) is 16.5. The molecule has 3 atom stereocenters. The molecule has 2 fully saturated rings. The number of rotatable bonds is 5. The highest BCUT2D eigenvalue weighted by Crippen LogP contribution is 2.44. The molecule has 0 bridgehead atoms. The third kappa shape index (κ3) is 4.27. The standard InChI is InChI=1S/C26H28N2O5S/c29-24(28-15-34-14-23(28)25(30)31)20-11-5-6-12-22(20)27-26(32)33-13-21-18-9-3-1-7-16(18)17-8-2-4-10-19(17)21/h1-4,7-10,20-23H,5-6,11-15H2,(H,27,32)(H,30,31). The van der Waals surface area contributed by atoms with Gasteiger partial charge in [0.2, 0.25) is 5.91 Å². The SMILES string of the molecule is O=C(NC1CCCCC1C(=O)N1CSCC1C(=O)O)OCC1c2ccccc2-c2ccccc21. The van der Waals surface area contributed by atoms with E-state index in [1.165, 1.54) is 27.8 Å². The minimum absolute atomic E-state index is 0.0279. The number of alkyl carbamates (subject to hydrolysis) is 1. The van der Waals surface area contributed by atoms with Gasteiger partial charge < -0.3 is 20.1 Å². The summed E-state index contributed by atoms with van der Waals surface area (Å²) < 4.78 is 5.68. The Morgan fingerprint density at radius 2 is 1.65 bits per heavy atom. The summed E-state index contributed by atoms with van der Waals surface area (Å²) in [5.74, 6) is -0.826. The second-order valence-electron chi connectivity index (χ2n) is 9.13. The molecule has 2 aliphatic carbocycles. The average Bonchev–Trinajstić information content (AvgIpc) is 3.46. The van der Waals surface area contributed by atoms with Crippen molar-refractivity contribution in [3.63, 3.8) is 0 Å². The van der Waals surface area contributed by atoms with Crippen LogP contribution >= 0.6 is 11.8 Å². The first-order valence-electron chi connectivity index (χ1n) is 11.8. The zero-order valence-electron chi connectivity index (χ0n) is 18.8. The molecule has 2 amide bonds. The number of nitrogens with one attached hydrogen (secondary N) is 1. The molecule has 1 aliphatic heterocycles. The fraction of sp³-hybridized carbons (Fsp3) is 0.423. The van der Waals surface area contributed by atoms with E-state index < -0.39 is 24.0 Å². The highest BCUT2D eigenvalue weighted by atomic mass is 32.2. The maximum atomic E-state index is 13.2. The highest BCUT2D eigenvalue weighted by molar-refractivity contribution is 7.99. The average molecular weight is 481 g/mol. The summed E-state index contributed by atoms with van der Waals surface area (Å²) in [5, 5.41) is 12.4. The molecule has 1 heterocycles. The Labute approximate surface area is 202 Å². The third-order valence-electron chi connectivity index (χ3n) is 7.18. The predicted molar refractivity (Wildman–Crippen MR) is 130 cm³/mol. The Morgan fingerprint density at radius 3 is 2.32 bits per heavy atom. The number of hydrogen-bond donors (Lipinski definition) is 2. The van der Waals surface area contributed by atoms with Gasteiger partial charge in [-0.2, -0.15) is 0 Å². The lowest BCUT2D eigenvalue weighted by Gasteiger charge is -2.34. The summed E-state index contributed by atoms with van der Waals surface area (Å²) in [6.45, 7) is 0.217. The van der Waals surface area contributed by atoms with Gasteiger partial charge in [-0.05, 0) is 35.1 Å². The Balaban J connectivity index is 1.24. The molecule has 7 nitrogen and oxygen atoms in total. The second-order valence-corrected chi connectivity index (χ2v) is 10.1. The monoisotopic (exact) mass is 480 g/mol. The van der Waals surface area contributed by atoms with Gasteiger partial charge in [0.1, 0.15) is 12.6 Å². The number of amides is 2. The van der Waals surface area contributed by atoms with E-state index in [2.05, 4.69) is 29.6 Å². The molecule has 0 aromatic heterocycles. The van der Waals surface area contributed by atoms with E-state index in [4.69, 9.17) is 4.74 Å². The number of carbonyl (C=O) groups excluding carboxylic acids is 2. The number of benzene rings is 2. The van der Waals surface area contributed by atoms with Gasteiger partial charge in [0.25, 0.3) is 0 Å². The molecule has 8 heteroatoms. The molecule has 0 spiro atoms. The lowest BCUT2D eigenvalue weighted by molar-refractivity contribution is -0.150. The molecular formula is C26H28N2O5S. The number of nitrogens with zero attached hydrogens (tertiary/aromatic N) is 1. The summed E-state index contributed by atoms with van der Waals surface area (Å²) in [7, 11) is 0. The molecule has 34 heavy (non-hydrogen) atoms. The molecule has 2 N–H and O–H groups in total. The van der Waals surface area contributed by atoms with Crippen molar-refractivity contribution in [2.75, 3.05) is 18.2 Å². The number of ether oxygens (including phenoxy) is 1. The van der Waals surface area contributed by atoms with Crippen LogP contribution in [0.15, 0.2) is 48.5 Å². The molecule has 2 aromatic rings. The van der Waals surface area contributed by atoms with Gasteiger partial charge in [0, 0.05) is 17.7 Å². The zero-order chi connectivity index (χ0) is 23.7. The Hall–Kier alpha value is -3.00. The van der Waals surface area contributed by atoms with Crippen molar-refractivity contribution in [1.29, 1.82) is 0 Å². The van der Waals surface area contributed by atoms with Crippen molar-refractivity contribution in [2.24, 2.45) is 5.92 Å². The Morgan fingerprint density at radius 1 is 1.00 bits per heavy atom. The largest absolute Gasteiger partial charge is 0.480 e. The molecular weight excluding hydrogens is 452 g/mol. The van der Waals surface area contributed by atoms with Crippen LogP contribution in [0.4, 0.5) is 4.79 Å². The highest BCUT2D eigenvalue weighted by Gasteiger charge is 2.41. The van der Waals surface area contributed by atoms with Crippen LogP contribution in [0, 0.1) is 5.92 Å². The number of fused-ring (bicyclic) bond motifs is 3. The summed E-state index contributed by atoms with van der Waals surface area (Å²) >= 11 is 1.45. The summed E-state index contributed by atoms with van der Waals surface area (Å²) in [4.78, 5) is 39.0. The van der Waals surface area contributed by atoms with Gasteiger partial charge in [0.15, 0.2) is 0 Å². The van der Waals surface area contributed by atoms with Crippen LogP contribution in [0.2, 0.25) is 0 Å². The van der Waals surface area contributed by atoms with Crippen LogP contribution < -0.4 is 5.32 Å². The van der Waals surface area contributed by atoms with Gasteiger partial charge in [-0.15, -0.1) is 11.8 Å². The number of carboxylic acid groups (broad SMARTS) is 1. The van der Waals surface area contributed by atoms with Crippen molar-refractivity contribution in [3.8, 4) is 11.1 Å². The van der Waals surface area contributed by atoms with Crippen molar-refractivity contribution >= 4 is 29.7 Å². The van der Waals surface area contributed by atoms with Gasteiger partial charge in [-0.25, -0.2) is 9.59 Å². The smallest absolute Gasteiger partial charge is 0.407 e. The molecule has 5 rings (SSSR count). The normalized spacial score (nSPS) is 23.8. The summed E-state index contributed by atoms with van der Waals surface area (Å²) in [6.07, 6.45) is 2.59. The van der Waals surface area contributed by atoms with Crippen molar-refractivity contribution < 1.29 is 24.2 Å². The zero-order valence-corrected chi connectivity index (χ0v) is 19.6. The molecule has 1 saturated heterocycles. The van der Waals surface area contributed by atoms with Crippen molar-refractivity contribution in [1.82, 2.24) is 10.2 Å². The van der Waals surface area contributed by atoms with Gasteiger partial charge >= 0.3 is 12.1 Å². The lowest BCUT2D eigenvalue weighted by Crippen LogP contribution is -2.52. The Bertz CT molecular complexity index is 1060. The van der Waals surface area contributed by atoms with E-state index in [1.807, 2.05) is 24.3 Å². The van der Waals surface area contributed by atoms with E-state index in [0.29, 0.717) is 24.5 Å². The molecule has 2 aromatic carbocycles. The van der Waals surface area contributed by atoms with Crippen molar-refractivity contribution in [3.05, 3.63) is 59.7 Å². The van der Waals surface area contributed by atoms with Crippen LogP contribution in [0.3, 0.4) is 0 Å². The maximum absolute atomic E-state index is 13.2. The number of aliphatic carboxylic acids is 1. The number of carbonyl (C=O) groups is 3. The fourth-order valence-corrected chi connectivity index (χ4v) is 6.62. The summed E-state index contributed by atoms with van der Waals surface area (Å²) in [6, 6.07) is 15.2. The number of thioether (sulfide) groups is 1. The van der Waals surface area contributed by atoms with E-state index in [0.717, 1.165) is 24.0 Å². The van der Waals surface area contributed by atoms with Crippen molar-refractivity contribution in [2.45, 2.75) is 43.7 Å². The number of carboxylic acids is 1. The minimum atomic E-state index is -0.977. The number of hydrogen-bond acceptors (Lipinski definition) is 5. The topological polar surface area (TPSA) is 95.9 Å². The van der Waals surface area contributed by atoms with E-state index in [1.54, 1.807) is 0 Å². The molecule has 1 saturated carbocycles. The quantitative estimate of drug-likeness (QED) is 0.670. The van der Waals surface area contributed by atoms with Crippen LogP contribution in [-0.4, -0.2) is 58.3 Å². The first-order valence-corrected chi connectivity index (χ1v) is 12.9. The van der Waals surface area contributed by atoms with Crippen LogP contribution in [0.1, 0.15) is 42.7 Å². The molecule has 3 unspecified atom stereocenters. The first kappa shape index (κ1) is 22.8. The molecule has 178 valence electrons. The maximum Gasteiger partial charge on any atom is 0.407 e. The van der Waals surface area contributed by atoms with E-state index in [9.17, 15) is 19.5 Å². The fourth-order valence-electron chi connectivity index (χ4n) is 5.47. The minimum Gasteiger partial charge on any atom is -0.480 e. The van der Waals surface area contributed by atoms with Gasteiger partial charge in [-0.1, -0.05) is 61.4 Å². The second kappa shape index (κ2) is 9.70. The molecule has 0 radical (unpaired) electrons. The van der Waals surface area contributed by atoms with Crippen LogP contribution in [-0.2, 0) is 14.3 Å². The van der Waals surface area contributed by atoms with Gasteiger partial charge in [-0.3, -0.25) is 4.79 Å². The predicted octanol–water partition coefficient (Wildman–Crippen LogP) is 4.07. The summed E-state index contributed by atoms with van der Waals surface area (Å²) in [5.41, 5.74) is 4.63. The third-order valence-corrected chi connectivity index (χ3v) is 8.19. The van der Waals surface area contributed by atoms with E-state index in [-0.39, 0.29) is 24.5 Å². The Kier molecular flexibility index (Phi) is 6.50. The van der Waals surface area contributed by atoms with E-state index >= 15 is 0 Å².